The fourth-order valence-electron chi connectivity index (χ4n) is 4.69. The Morgan fingerprint density at radius 3 is 2.16 bits per heavy atom. The minimum absolute atomic E-state index is 0.0723. The molecule has 4 aromatic carbocycles. The number of nitrogens with one attached hydrogen (secondary N) is 2. The Labute approximate surface area is 279 Å². The topological polar surface area (TPSA) is 329 Å². The number of azo groups is 1. The van der Waals surface area contributed by atoms with Crippen molar-refractivity contribution in [2.75, 3.05) is 5.32 Å². The fourth-order valence-corrected chi connectivity index (χ4v) is 6.09. The van der Waals surface area contributed by atoms with Crippen molar-refractivity contribution in [2.45, 2.75) is 16.2 Å². The molecule has 0 aliphatic heterocycles. The summed E-state index contributed by atoms with van der Waals surface area (Å²) in [7, 11) is -9.66. The standard InChI is InChI=1S/C28H22N8O12S2/c29-47-49(43,44)15-9-14-10-20(50(45,46)48-30)23(36-35-18-8-4-3-7-17(18)26(40)41)24(37)22(14)19(12-15)31-27-32-21(33-28(42)34-27)11-13-5-1-2-6-16(13)25(38)39/h1-10,12,37H,11,29-30H2,(H,38,39)(H,40,41)(H2,31,32,33,34,42). The van der Waals surface area contributed by atoms with Crippen molar-refractivity contribution in [3.05, 3.63) is 99.7 Å². The molecule has 20 nitrogen and oxygen atoms in total. The monoisotopic (exact) mass is 726 g/mol. The lowest BCUT2D eigenvalue weighted by Gasteiger charge is -2.16. The number of nitrogens with zero attached hydrogens (tertiary/aromatic N) is 4. The van der Waals surface area contributed by atoms with E-state index in [2.05, 4.69) is 39.1 Å². The van der Waals surface area contributed by atoms with Crippen LogP contribution in [0.2, 0.25) is 0 Å². The number of aromatic carboxylic acids is 2. The number of hydrogen-bond donors (Lipinski definition) is 7. The number of carboxylic acids is 2. The second-order valence-corrected chi connectivity index (χ2v) is 13.1. The Kier molecular flexibility index (Phi) is 9.66. The summed E-state index contributed by atoms with van der Waals surface area (Å²) >= 11 is 0. The molecule has 0 amide bonds. The Bertz CT molecular complexity index is 2500. The Morgan fingerprint density at radius 2 is 1.50 bits per heavy atom. The first-order valence-corrected chi connectivity index (χ1v) is 16.4. The zero-order chi connectivity index (χ0) is 36.4. The van der Waals surface area contributed by atoms with E-state index in [4.69, 9.17) is 11.8 Å². The van der Waals surface area contributed by atoms with Crippen LogP contribution in [-0.4, -0.2) is 59.0 Å². The number of aromatic nitrogens is 3. The highest BCUT2D eigenvalue weighted by atomic mass is 32.2. The molecule has 22 heteroatoms. The SMILES string of the molecule is NOS(=O)(=O)c1cc(Nc2nc(Cc3ccccc3C(=O)O)[nH]c(=O)n2)c2c(O)c(N=Nc3ccccc3C(=O)O)c(S(=O)(=O)ON)cc2c1. The average molecular weight is 727 g/mol. The van der Waals surface area contributed by atoms with Crippen LogP contribution in [0.15, 0.2) is 91.5 Å². The van der Waals surface area contributed by atoms with E-state index >= 15 is 0 Å². The van der Waals surface area contributed by atoms with E-state index in [9.17, 15) is 46.5 Å². The summed E-state index contributed by atoms with van der Waals surface area (Å²) < 4.78 is 59.3. The molecule has 0 atom stereocenters. The van der Waals surface area contributed by atoms with Gasteiger partial charge in [-0.1, -0.05) is 30.3 Å². The molecule has 0 saturated carbocycles. The van der Waals surface area contributed by atoms with Crippen LogP contribution in [-0.2, 0) is 35.2 Å². The van der Waals surface area contributed by atoms with E-state index in [1.54, 1.807) is 6.07 Å². The molecule has 0 bridgehead atoms. The number of phenols is 1. The molecule has 50 heavy (non-hydrogen) atoms. The highest BCUT2D eigenvalue weighted by Crippen LogP contribution is 2.46. The third-order valence-electron chi connectivity index (χ3n) is 6.88. The second kappa shape index (κ2) is 13.7. The van der Waals surface area contributed by atoms with Gasteiger partial charge >= 0.3 is 37.9 Å². The lowest BCUT2D eigenvalue weighted by molar-refractivity contribution is 0.0686. The van der Waals surface area contributed by atoms with Crippen molar-refractivity contribution in [1.29, 1.82) is 0 Å². The van der Waals surface area contributed by atoms with Gasteiger partial charge in [0.05, 0.1) is 21.7 Å². The summed E-state index contributed by atoms with van der Waals surface area (Å²) in [5.41, 5.74) is -2.54. The summed E-state index contributed by atoms with van der Waals surface area (Å²) in [4.78, 5) is 44.6. The molecule has 0 unspecified atom stereocenters. The number of aromatic amines is 1. The number of carboxylic acid groups (broad SMARTS) is 2. The highest BCUT2D eigenvalue weighted by molar-refractivity contribution is 7.87. The number of hydrogen-bond acceptors (Lipinski definition) is 17. The number of fused-ring (bicyclic) bond motifs is 1. The minimum atomic E-state index is -4.94. The Morgan fingerprint density at radius 1 is 0.860 bits per heavy atom. The Balaban J connectivity index is 1.75. The van der Waals surface area contributed by atoms with Crippen LogP contribution >= 0.6 is 0 Å². The van der Waals surface area contributed by atoms with Gasteiger partial charge in [0.15, 0.2) is 5.75 Å². The maximum Gasteiger partial charge on any atom is 0.349 e. The van der Waals surface area contributed by atoms with Gasteiger partial charge < -0.3 is 20.6 Å². The predicted molar refractivity (Wildman–Crippen MR) is 170 cm³/mol. The second-order valence-electron chi connectivity index (χ2n) is 9.95. The first-order valence-electron chi connectivity index (χ1n) is 13.5. The molecule has 1 aromatic heterocycles. The van der Waals surface area contributed by atoms with Crippen LogP contribution in [0.25, 0.3) is 10.8 Å². The van der Waals surface area contributed by atoms with E-state index in [1.807, 2.05) is 0 Å². The van der Waals surface area contributed by atoms with E-state index in [1.165, 1.54) is 42.5 Å². The van der Waals surface area contributed by atoms with Gasteiger partial charge in [0.1, 0.15) is 22.1 Å². The van der Waals surface area contributed by atoms with Crippen LogP contribution in [0.1, 0.15) is 32.1 Å². The largest absolute Gasteiger partial charge is 0.505 e. The van der Waals surface area contributed by atoms with Crippen molar-refractivity contribution in [1.82, 2.24) is 15.0 Å². The summed E-state index contributed by atoms with van der Waals surface area (Å²) in [6.45, 7) is 0. The van der Waals surface area contributed by atoms with Crippen molar-refractivity contribution >= 4 is 66.0 Å². The molecule has 1 heterocycles. The molecule has 0 radical (unpaired) electrons. The van der Waals surface area contributed by atoms with Gasteiger partial charge in [-0.05, 0) is 47.3 Å². The van der Waals surface area contributed by atoms with Gasteiger partial charge in [0.25, 0.3) is 0 Å². The number of nitrogens with two attached hydrogens (primary N) is 2. The average Bonchev–Trinajstić information content (AvgIpc) is 3.07. The normalized spacial score (nSPS) is 12.0. The zero-order valence-corrected chi connectivity index (χ0v) is 26.5. The van der Waals surface area contributed by atoms with Gasteiger partial charge in [-0.15, -0.1) is 10.2 Å². The van der Waals surface area contributed by atoms with Crippen molar-refractivity contribution in [3.8, 4) is 5.75 Å². The van der Waals surface area contributed by atoms with Gasteiger partial charge in [0.2, 0.25) is 5.95 Å². The van der Waals surface area contributed by atoms with Gasteiger partial charge in [-0.2, -0.15) is 47.2 Å². The van der Waals surface area contributed by atoms with E-state index in [0.29, 0.717) is 0 Å². The maximum absolute atomic E-state index is 12.9. The summed E-state index contributed by atoms with van der Waals surface area (Å²) in [6, 6.07) is 13.7. The van der Waals surface area contributed by atoms with Crippen LogP contribution in [0.5, 0.6) is 5.75 Å². The lowest BCUT2D eigenvalue weighted by Crippen LogP contribution is -2.18. The molecule has 0 aliphatic carbocycles. The lowest BCUT2D eigenvalue weighted by atomic mass is 10.0. The van der Waals surface area contributed by atoms with E-state index < -0.39 is 65.0 Å². The van der Waals surface area contributed by atoms with Crippen molar-refractivity contribution < 1.29 is 50.3 Å². The first kappa shape index (κ1) is 35.1. The van der Waals surface area contributed by atoms with Crippen molar-refractivity contribution in [2.24, 2.45) is 22.0 Å². The molecule has 5 aromatic rings. The third-order valence-corrected chi connectivity index (χ3v) is 9.05. The van der Waals surface area contributed by atoms with E-state index in [0.717, 1.165) is 18.2 Å². The van der Waals surface area contributed by atoms with Gasteiger partial charge in [-0.3, -0.25) is 4.98 Å². The number of rotatable bonds is 12. The number of phenolic OH excluding ortho intramolecular Hbond substituents is 1. The summed E-state index contributed by atoms with van der Waals surface area (Å²) in [6.07, 6.45) is -0.195. The van der Waals surface area contributed by atoms with Crippen molar-refractivity contribution in [3.63, 3.8) is 0 Å². The third kappa shape index (κ3) is 7.14. The Hall–Kier alpha value is -6.17. The zero-order valence-electron chi connectivity index (χ0n) is 24.8. The molecule has 258 valence electrons. The van der Waals surface area contributed by atoms with Crippen LogP contribution in [0.3, 0.4) is 0 Å². The predicted octanol–water partition coefficient (Wildman–Crippen LogP) is 2.33. The van der Waals surface area contributed by atoms with Gasteiger partial charge in [0, 0.05) is 11.8 Å². The van der Waals surface area contributed by atoms with E-state index in [-0.39, 0.29) is 51.1 Å². The number of anilines is 2. The number of H-pyrrole nitrogens is 1. The molecular weight excluding hydrogens is 704 g/mol. The quantitative estimate of drug-likeness (QED) is 0.0716. The molecule has 0 fully saturated rings. The minimum Gasteiger partial charge on any atom is -0.505 e. The van der Waals surface area contributed by atoms with Gasteiger partial charge in [-0.25, -0.2) is 14.4 Å². The number of aromatic hydroxyl groups is 1. The smallest absolute Gasteiger partial charge is 0.349 e. The van der Waals surface area contributed by atoms with Crippen LogP contribution in [0, 0.1) is 0 Å². The molecule has 9 N–H and O–H groups in total. The van der Waals surface area contributed by atoms with Crippen LogP contribution < -0.4 is 22.8 Å². The molecular formula is C28H22N8O12S2. The summed E-state index contributed by atoms with van der Waals surface area (Å²) in [5.74, 6) is 5.78. The highest BCUT2D eigenvalue weighted by Gasteiger charge is 2.28. The molecule has 5 rings (SSSR count). The first-order chi connectivity index (χ1) is 23.6. The van der Waals surface area contributed by atoms with Crippen LogP contribution in [0.4, 0.5) is 23.0 Å². The molecule has 0 saturated heterocycles. The number of benzene rings is 4. The molecule has 0 spiro atoms. The molecule has 0 aliphatic rings. The fraction of sp³-hybridized carbons (Fsp3) is 0.0357. The maximum atomic E-state index is 12.9. The summed E-state index contributed by atoms with van der Waals surface area (Å²) in [5, 5.41) is 40.0. The number of carbonyl (C=O) groups is 2.